The van der Waals surface area contributed by atoms with Gasteiger partial charge in [0.05, 0.1) is 5.57 Å². The minimum Gasteiger partial charge on any atom is -0.429 e. The smallest absolute Gasteiger partial charge is 0.426 e. The molecule has 0 heterocycles. The molecule has 196 valence electrons. The number of unbranched alkanes of at least 4 members (excludes halogenated alkanes) is 2. The van der Waals surface area contributed by atoms with Crippen LogP contribution in [0.5, 0.6) is 0 Å². The fraction of sp³-hybridized carbons (Fsp3) is 0.625. The Labute approximate surface area is 213 Å². The maximum absolute atomic E-state index is 15.6. The molecule has 2 rings (SSSR count). The lowest BCUT2D eigenvalue weighted by molar-refractivity contribution is -0.177. The zero-order valence-corrected chi connectivity index (χ0v) is 23.4. The predicted octanol–water partition coefficient (Wildman–Crippen LogP) is 10.5. The van der Waals surface area contributed by atoms with Crippen LogP contribution in [-0.2, 0) is 4.74 Å². The highest BCUT2D eigenvalue weighted by Crippen LogP contribution is 2.40. The maximum Gasteiger partial charge on any atom is 0.426 e. The van der Waals surface area contributed by atoms with Crippen LogP contribution in [0.15, 0.2) is 71.1 Å². The maximum atomic E-state index is 15.6. The first-order chi connectivity index (χ1) is 16.3. The molecule has 0 aromatic carbocycles. The SMILES string of the molecule is CCCCCC1(C)C=C(C)C=CC(OC(F)(F)C2=CC(C)(C)C=C(C(C)CCC(C)CC)C=C2)=C1. The van der Waals surface area contributed by atoms with Crippen molar-refractivity contribution in [3.8, 4) is 0 Å². The summed E-state index contributed by atoms with van der Waals surface area (Å²) in [5.74, 6) is 1.24. The second-order valence-corrected chi connectivity index (χ2v) is 11.7. The Morgan fingerprint density at radius 2 is 1.60 bits per heavy atom. The fourth-order valence-corrected chi connectivity index (χ4v) is 4.91. The molecule has 1 nitrogen and oxygen atoms in total. The van der Waals surface area contributed by atoms with Crippen LogP contribution in [0, 0.1) is 22.7 Å². The molecule has 0 amide bonds. The van der Waals surface area contributed by atoms with Gasteiger partial charge in [-0.3, -0.25) is 0 Å². The van der Waals surface area contributed by atoms with Gasteiger partial charge in [0.1, 0.15) is 5.76 Å². The fourth-order valence-electron chi connectivity index (χ4n) is 4.91. The van der Waals surface area contributed by atoms with Gasteiger partial charge in [-0.15, -0.1) is 0 Å². The van der Waals surface area contributed by atoms with E-state index in [9.17, 15) is 0 Å². The zero-order valence-electron chi connectivity index (χ0n) is 23.4. The molecule has 2 aliphatic carbocycles. The molecule has 0 spiro atoms. The van der Waals surface area contributed by atoms with Crippen molar-refractivity contribution in [3.63, 3.8) is 0 Å². The quantitative estimate of drug-likeness (QED) is 0.249. The summed E-state index contributed by atoms with van der Waals surface area (Å²) in [6.07, 6.45) is 19.0. The molecule has 0 bridgehead atoms. The minimum absolute atomic E-state index is 0.0845. The van der Waals surface area contributed by atoms with Gasteiger partial charge in [0, 0.05) is 10.8 Å². The average molecular weight is 487 g/mol. The van der Waals surface area contributed by atoms with Crippen LogP contribution in [0.25, 0.3) is 0 Å². The third kappa shape index (κ3) is 9.24. The molecule has 0 aromatic rings. The summed E-state index contributed by atoms with van der Waals surface area (Å²) in [6, 6.07) is 0. The van der Waals surface area contributed by atoms with Crippen molar-refractivity contribution in [1.82, 2.24) is 0 Å². The standard InChI is InChI=1S/C32H48F2O/c1-9-11-12-19-31(8)20-25(4)14-18-29(23-31)35-32(33,34)28-17-16-27(21-30(6,7)22-28)26(5)15-13-24(3)10-2/h14,16-18,20-24,26H,9-13,15,19H2,1-8H3. The molecule has 2 aliphatic rings. The first-order valence-corrected chi connectivity index (χ1v) is 13.6. The molecular formula is C32H48F2O. The molecule has 35 heavy (non-hydrogen) atoms. The predicted molar refractivity (Wildman–Crippen MR) is 146 cm³/mol. The Morgan fingerprint density at radius 3 is 2.26 bits per heavy atom. The van der Waals surface area contributed by atoms with Crippen LogP contribution in [-0.4, -0.2) is 6.11 Å². The van der Waals surface area contributed by atoms with Crippen molar-refractivity contribution >= 4 is 0 Å². The summed E-state index contributed by atoms with van der Waals surface area (Å²) < 4.78 is 36.6. The third-order valence-corrected chi connectivity index (χ3v) is 7.32. The van der Waals surface area contributed by atoms with Crippen LogP contribution >= 0.6 is 0 Å². The van der Waals surface area contributed by atoms with Gasteiger partial charge in [0.15, 0.2) is 0 Å². The van der Waals surface area contributed by atoms with E-state index in [1.165, 1.54) is 6.42 Å². The van der Waals surface area contributed by atoms with Crippen LogP contribution < -0.4 is 0 Å². The van der Waals surface area contributed by atoms with Crippen molar-refractivity contribution in [2.24, 2.45) is 22.7 Å². The Bertz CT molecular complexity index is 897. The molecule has 0 fully saturated rings. The van der Waals surface area contributed by atoms with Crippen LogP contribution in [0.4, 0.5) is 8.78 Å². The van der Waals surface area contributed by atoms with Gasteiger partial charge < -0.3 is 4.74 Å². The van der Waals surface area contributed by atoms with Gasteiger partial charge in [-0.05, 0) is 55.4 Å². The van der Waals surface area contributed by atoms with E-state index >= 15 is 8.78 Å². The van der Waals surface area contributed by atoms with Gasteiger partial charge in [-0.25, -0.2) is 0 Å². The number of allylic oxidation sites excluding steroid dienone is 9. The number of rotatable bonds is 12. The molecule has 0 saturated carbocycles. The first kappa shape index (κ1) is 29.3. The van der Waals surface area contributed by atoms with Crippen molar-refractivity contribution < 1.29 is 13.5 Å². The first-order valence-electron chi connectivity index (χ1n) is 13.6. The monoisotopic (exact) mass is 486 g/mol. The molecular weight excluding hydrogens is 438 g/mol. The Hall–Kier alpha value is -1.90. The summed E-state index contributed by atoms with van der Waals surface area (Å²) in [4.78, 5) is 0. The Kier molecular flexibility index (Phi) is 10.4. The molecule has 0 saturated heterocycles. The molecule has 3 unspecified atom stereocenters. The van der Waals surface area contributed by atoms with E-state index in [-0.39, 0.29) is 16.7 Å². The van der Waals surface area contributed by atoms with E-state index < -0.39 is 11.5 Å². The number of alkyl halides is 2. The summed E-state index contributed by atoms with van der Waals surface area (Å²) >= 11 is 0. The van der Waals surface area contributed by atoms with Gasteiger partial charge >= 0.3 is 6.11 Å². The Balaban J connectivity index is 2.24. The zero-order chi connectivity index (χ0) is 26.3. The lowest BCUT2D eigenvalue weighted by atomic mass is 9.83. The van der Waals surface area contributed by atoms with E-state index in [2.05, 4.69) is 46.8 Å². The van der Waals surface area contributed by atoms with E-state index in [1.54, 1.807) is 18.2 Å². The Morgan fingerprint density at radius 1 is 0.886 bits per heavy atom. The summed E-state index contributed by atoms with van der Waals surface area (Å²) in [6.45, 7) is 16.9. The average Bonchev–Trinajstić information content (AvgIpc) is 3.02. The highest BCUT2D eigenvalue weighted by molar-refractivity contribution is 5.40. The highest BCUT2D eigenvalue weighted by atomic mass is 19.3. The summed E-state index contributed by atoms with van der Waals surface area (Å²) in [5.41, 5.74) is 1.31. The number of hydrogen-bond donors (Lipinski definition) is 0. The second-order valence-electron chi connectivity index (χ2n) is 11.7. The van der Waals surface area contributed by atoms with Gasteiger partial charge in [-0.2, -0.15) is 8.78 Å². The summed E-state index contributed by atoms with van der Waals surface area (Å²) in [7, 11) is 0. The molecule has 3 atom stereocenters. The number of ether oxygens (including phenoxy) is 1. The van der Waals surface area contributed by atoms with Gasteiger partial charge in [0.25, 0.3) is 0 Å². The lowest BCUT2D eigenvalue weighted by Gasteiger charge is -2.26. The molecule has 0 aromatic heterocycles. The van der Waals surface area contributed by atoms with Crippen LogP contribution in [0.1, 0.15) is 100 Å². The van der Waals surface area contributed by atoms with Crippen molar-refractivity contribution in [2.75, 3.05) is 0 Å². The second kappa shape index (κ2) is 12.4. The van der Waals surface area contributed by atoms with Crippen LogP contribution in [0.2, 0.25) is 0 Å². The normalized spacial score (nSPS) is 23.9. The lowest BCUT2D eigenvalue weighted by Crippen LogP contribution is -2.24. The molecule has 0 radical (unpaired) electrons. The van der Waals surface area contributed by atoms with E-state index in [1.807, 2.05) is 39.0 Å². The minimum atomic E-state index is -3.42. The van der Waals surface area contributed by atoms with Gasteiger partial charge in [0.2, 0.25) is 0 Å². The molecule has 0 aliphatic heterocycles. The van der Waals surface area contributed by atoms with E-state index in [0.29, 0.717) is 11.8 Å². The van der Waals surface area contributed by atoms with Crippen LogP contribution in [0.3, 0.4) is 0 Å². The summed E-state index contributed by atoms with van der Waals surface area (Å²) in [5, 5.41) is 0. The van der Waals surface area contributed by atoms with E-state index in [4.69, 9.17) is 4.74 Å². The number of halogens is 2. The van der Waals surface area contributed by atoms with Crippen molar-refractivity contribution in [3.05, 3.63) is 71.1 Å². The third-order valence-electron chi connectivity index (χ3n) is 7.32. The number of hydrogen-bond acceptors (Lipinski definition) is 1. The van der Waals surface area contributed by atoms with E-state index in [0.717, 1.165) is 49.7 Å². The molecule has 0 N–H and O–H groups in total. The topological polar surface area (TPSA) is 9.23 Å². The largest absolute Gasteiger partial charge is 0.429 e. The van der Waals surface area contributed by atoms with Gasteiger partial charge in [-0.1, -0.05) is 117 Å². The molecule has 3 heteroatoms. The van der Waals surface area contributed by atoms with Crippen molar-refractivity contribution in [2.45, 2.75) is 106 Å². The highest BCUT2D eigenvalue weighted by Gasteiger charge is 2.39. The van der Waals surface area contributed by atoms with Crippen molar-refractivity contribution in [1.29, 1.82) is 0 Å².